The first-order chi connectivity index (χ1) is 11.6. The van der Waals surface area contributed by atoms with Gasteiger partial charge >= 0.3 is 5.97 Å². The van der Waals surface area contributed by atoms with Crippen LogP contribution >= 0.6 is 0 Å². The predicted molar refractivity (Wildman–Crippen MR) is 95.2 cm³/mol. The molecule has 2 N–H and O–H groups in total. The molecule has 3 rings (SSSR count). The van der Waals surface area contributed by atoms with E-state index in [9.17, 15) is 9.90 Å². The maximum absolute atomic E-state index is 11.1. The molecule has 0 unspecified atom stereocenters. The van der Waals surface area contributed by atoms with Crippen molar-refractivity contribution in [2.45, 2.75) is 38.5 Å². The monoisotopic (exact) mass is 322 g/mol. The van der Waals surface area contributed by atoms with Crippen molar-refractivity contribution in [3.05, 3.63) is 70.8 Å². The van der Waals surface area contributed by atoms with Crippen molar-refractivity contribution in [1.29, 1.82) is 0 Å². The Bertz CT molecular complexity index is 730. The maximum atomic E-state index is 11.1. The molecule has 0 bridgehead atoms. The molecule has 3 heteroatoms. The number of phenolic OH excluding ortho intramolecular Hbond substituents is 1. The topological polar surface area (TPSA) is 57.5 Å². The Morgan fingerprint density at radius 1 is 0.708 bits per heavy atom. The van der Waals surface area contributed by atoms with E-state index in [0.717, 1.165) is 24.0 Å². The van der Waals surface area contributed by atoms with Crippen LogP contribution in [0.15, 0.2) is 54.1 Å². The molecular weight excluding hydrogens is 300 g/mol. The standard InChI is InChI=1S/C21H22O3/c22-19-13-11-17(12-14-19)20(15-5-3-1-2-4-6-15)16-7-9-18(10-8-16)21(23)24/h7-14,22H,1-6H2,(H,23,24). The quantitative estimate of drug-likeness (QED) is 0.759. The number of benzene rings is 2. The summed E-state index contributed by atoms with van der Waals surface area (Å²) in [5, 5.41) is 18.7. The van der Waals surface area contributed by atoms with Crippen LogP contribution in [0.4, 0.5) is 0 Å². The van der Waals surface area contributed by atoms with Gasteiger partial charge in [0.1, 0.15) is 5.75 Å². The molecule has 0 spiro atoms. The van der Waals surface area contributed by atoms with E-state index in [2.05, 4.69) is 0 Å². The minimum Gasteiger partial charge on any atom is -0.508 e. The largest absolute Gasteiger partial charge is 0.508 e. The van der Waals surface area contributed by atoms with Crippen LogP contribution < -0.4 is 0 Å². The first-order valence-electron chi connectivity index (χ1n) is 8.50. The molecule has 0 radical (unpaired) electrons. The average Bonchev–Trinajstić information content (AvgIpc) is 2.87. The number of hydrogen-bond donors (Lipinski definition) is 2. The summed E-state index contributed by atoms with van der Waals surface area (Å²) in [7, 11) is 0. The van der Waals surface area contributed by atoms with Crippen molar-refractivity contribution in [3.63, 3.8) is 0 Å². The first-order valence-corrected chi connectivity index (χ1v) is 8.50. The second-order valence-electron chi connectivity index (χ2n) is 6.32. The van der Waals surface area contributed by atoms with E-state index < -0.39 is 5.97 Å². The third kappa shape index (κ3) is 3.67. The first kappa shape index (κ1) is 16.3. The molecule has 0 amide bonds. The van der Waals surface area contributed by atoms with Gasteiger partial charge in [0.2, 0.25) is 0 Å². The lowest BCUT2D eigenvalue weighted by molar-refractivity contribution is 0.0697. The number of carboxylic acids is 1. The van der Waals surface area contributed by atoms with Gasteiger partial charge < -0.3 is 10.2 Å². The Labute approximate surface area is 142 Å². The number of carboxylic acid groups (broad SMARTS) is 1. The lowest BCUT2D eigenvalue weighted by Crippen LogP contribution is -1.98. The molecule has 124 valence electrons. The molecule has 1 saturated carbocycles. The summed E-state index contributed by atoms with van der Waals surface area (Å²) in [6.45, 7) is 0. The highest BCUT2D eigenvalue weighted by atomic mass is 16.4. The molecule has 0 heterocycles. The Kier molecular flexibility index (Phi) is 4.99. The molecule has 3 nitrogen and oxygen atoms in total. The highest BCUT2D eigenvalue weighted by Gasteiger charge is 2.15. The van der Waals surface area contributed by atoms with Crippen molar-refractivity contribution >= 4 is 11.5 Å². The van der Waals surface area contributed by atoms with Gasteiger partial charge in [0.05, 0.1) is 5.56 Å². The van der Waals surface area contributed by atoms with E-state index in [1.807, 2.05) is 24.3 Å². The fourth-order valence-electron chi connectivity index (χ4n) is 3.39. The molecule has 2 aromatic rings. The minimum absolute atomic E-state index is 0.255. The van der Waals surface area contributed by atoms with Crippen LogP contribution in [0.3, 0.4) is 0 Å². The molecule has 24 heavy (non-hydrogen) atoms. The smallest absolute Gasteiger partial charge is 0.335 e. The highest BCUT2D eigenvalue weighted by molar-refractivity contribution is 5.89. The Balaban J connectivity index is 2.08. The summed E-state index contributed by atoms with van der Waals surface area (Å²) in [5.41, 5.74) is 5.04. The number of allylic oxidation sites excluding steroid dienone is 1. The van der Waals surface area contributed by atoms with Crippen molar-refractivity contribution < 1.29 is 15.0 Å². The second kappa shape index (κ2) is 7.35. The van der Waals surface area contributed by atoms with Crippen molar-refractivity contribution in [3.8, 4) is 5.75 Å². The molecule has 1 aliphatic rings. The van der Waals surface area contributed by atoms with Gasteiger partial charge in [0.15, 0.2) is 0 Å². The van der Waals surface area contributed by atoms with Gasteiger partial charge in [-0.1, -0.05) is 42.7 Å². The Morgan fingerprint density at radius 2 is 1.17 bits per heavy atom. The fourth-order valence-corrected chi connectivity index (χ4v) is 3.39. The van der Waals surface area contributed by atoms with Crippen molar-refractivity contribution in [2.24, 2.45) is 0 Å². The molecular formula is C21H22O3. The van der Waals surface area contributed by atoms with Crippen molar-refractivity contribution in [1.82, 2.24) is 0 Å². The van der Waals surface area contributed by atoms with Gasteiger partial charge in [0, 0.05) is 0 Å². The molecule has 1 aliphatic carbocycles. The summed E-state index contributed by atoms with van der Waals surface area (Å²) < 4.78 is 0. The molecule has 0 aliphatic heterocycles. The molecule has 1 fully saturated rings. The highest BCUT2D eigenvalue weighted by Crippen LogP contribution is 2.35. The van der Waals surface area contributed by atoms with E-state index in [4.69, 9.17) is 5.11 Å². The van der Waals surface area contributed by atoms with Crippen molar-refractivity contribution in [2.75, 3.05) is 0 Å². The van der Waals surface area contributed by atoms with Gasteiger partial charge in [-0.3, -0.25) is 0 Å². The summed E-state index contributed by atoms with van der Waals surface area (Å²) in [6, 6.07) is 14.4. The molecule has 0 atom stereocenters. The Morgan fingerprint density at radius 3 is 1.67 bits per heavy atom. The SMILES string of the molecule is O=C(O)c1ccc(C(=C2CCCCCC2)c2ccc(O)cc2)cc1. The van der Waals surface area contributed by atoms with Crippen LogP contribution in [-0.2, 0) is 0 Å². The second-order valence-corrected chi connectivity index (χ2v) is 6.32. The number of carbonyl (C=O) groups is 1. The van der Waals surface area contributed by atoms with Gasteiger partial charge in [-0.15, -0.1) is 0 Å². The van der Waals surface area contributed by atoms with Gasteiger partial charge in [-0.05, 0) is 66.6 Å². The van der Waals surface area contributed by atoms with Crippen LogP contribution in [0.2, 0.25) is 0 Å². The van der Waals surface area contributed by atoms with Crippen LogP contribution in [0.25, 0.3) is 5.57 Å². The van der Waals surface area contributed by atoms with Crippen LogP contribution in [-0.4, -0.2) is 16.2 Å². The third-order valence-electron chi connectivity index (χ3n) is 4.64. The number of rotatable bonds is 3. The summed E-state index contributed by atoms with van der Waals surface area (Å²) in [5.74, 6) is -0.653. The lowest BCUT2D eigenvalue weighted by atomic mass is 9.89. The lowest BCUT2D eigenvalue weighted by Gasteiger charge is -2.16. The number of hydrogen-bond acceptors (Lipinski definition) is 2. The number of aromatic carboxylic acids is 1. The van der Waals surface area contributed by atoms with Gasteiger partial charge in [-0.25, -0.2) is 4.79 Å². The van der Waals surface area contributed by atoms with E-state index in [0.29, 0.717) is 5.56 Å². The normalized spacial score (nSPS) is 14.9. The zero-order valence-electron chi connectivity index (χ0n) is 13.7. The van der Waals surface area contributed by atoms with Crippen LogP contribution in [0.5, 0.6) is 5.75 Å². The van der Waals surface area contributed by atoms with E-state index in [1.165, 1.54) is 36.8 Å². The average molecular weight is 322 g/mol. The minimum atomic E-state index is -0.908. The summed E-state index contributed by atoms with van der Waals surface area (Å²) >= 11 is 0. The zero-order valence-corrected chi connectivity index (χ0v) is 13.7. The van der Waals surface area contributed by atoms with E-state index >= 15 is 0 Å². The van der Waals surface area contributed by atoms with Crippen LogP contribution in [0, 0.1) is 0 Å². The maximum Gasteiger partial charge on any atom is 0.335 e. The molecule has 0 aromatic heterocycles. The fraction of sp³-hybridized carbons (Fsp3) is 0.286. The summed E-state index contributed by atoms with van der Waals surface area (Å²) in [4.78, 5) is 11.1. The van der Waals surface area contributed by atoms with E-state index in [-0.39, 0.29) is 5.75 Å². The summed E-state index contributed by atoms with van der Waals surface area (Å²) in [6.07, 6.45) is 7.09. The molecule has 0 saturated heterocycles. The van der Waals surface area contributed by atoms with E-state index in [1.54, 1.807) is 24.3 Å². The van der Waals surface area contributed by atoms with Crippen LogP contribution in [0.1, 0.15) is 60.0 Å². The number of phenols is 1. The van der Waals surface area contributed by atoms with Gasteiger partial charge in [0.25, 0.3) is 0 Å². The number of aromatic hydroxyl groups is 1. The molecule has 2 aromatic carbocycles. The van der Waals surface area contributed by atoms with Gasteiger partial charge in [-0.2, -0.15) is 0 Å². The zero-order chi connectivity index (χ0) is 16.9. The predicted octanol–water partition coefficient (Wildman–Crippen LogP) is 5.25. The third-order valence-corrected chi connectivity index (χ3v) is 4.64. The Hall–Kier alpha value is -2.55.